The predicted octanol–water partition coefficient (Wildman–Crippen LogP) is 2.16. The van der Waals surface area contributed by atoms with Crippen molar-refractivity contribution in [2.75, 3.05) is 7.11 Å². The highest BCUT2D eigenvalue weighted by molar-refractivity contribution is 6.18. The van der Waals surface area contributed by atoms with E-state index >= 15 is 0 Å². The fourth-order valence-corrected chi connectivity index (χ4v) is 1.99. The molecule has 0 aromatic heterocycles. The van der Waals surface area contributed by atoms with E-state index in [0.717, 1.165) is 5.56 Å². The molecule has 1 aliphatic rings. The average molecular weight is 246 g/mol. The Kier molecular flexibility index (Phi) is 3.46. The standard InChI is InChI=1S/C14H14O4/c1-9-13(14(16)17-2)11(15)8-12(18-9)10-6-4-3-5-7-10/h3-7,12H,8H2,1-2H3/t12-/m0/s1. The van der Waals surface area contributed by atoms with E-state index < -0.39 is 5.97 Å². The molecule has 4 nitrogen and oxygen atoms in total. The topological polar surface area (TPSA) is 52.6 Å². The molecule has 0 unspecified atom stereocenters. The van der Waals surface area contributed by atoms with Gasteiger partial charge in [0.2, 0.25) is 0 Å². The zero-order chi connectivity index (χ0) is 13.1. The van der Waals surface area contributed by atoms with Crippen LogP contribution in [0.2, 0.25) is 0 Å². The Bertz CT molecular complexity index is 502. The van der Waals surface area contributed by atoms with Crippen molar-refractivity contribution >= 4 is 11.8 Å². The SMILES string of the molecule is COC(=O)C1=C(C)O[C@H](c2ccccc2)CC1=O. The Morgan fingerprint density at radius 3 is 2.56 bits per heavy atom. The van der Waals surface area contributed by atoms with Gasteiger partial charge in [0.25, 0.3) is 0 Å². The van der Waals surface area contributed by atoms with Crippen molar-refractivity contribution in [2.45, 2.75) is 19.4 Å². The summed E-state index contributed by atoms with van der Waals surface area (Å²) in [5.41, 5.74) is 0.943. The third kappa shape index (κ3) is 2.27. The lowest BCUT2D eigenvalue weighted by atomic mass is 9.96. The number of allylic oxidation sites excluding steroid dienone is 1. The fourth-order valence-electron chi connectivity index (χ4n) is 1.99. The maximum atomic E-state index is 12.0. The first-order valence-electron chi connectivity index (χ1n) is 5.67. The summed E-state index contributed by atoms with van der Waals surface area (Å²) < 4.78 is 10.2. The molecule has 0 spiro atoms. The predicted molar refractivity (Wildman–Crippen MR) is 64.6 cm³/mol. The molecule has 0 bridgehead atoms. The molecule has 1 atom stereocenters. The van der Waals surface area contributed by atoms with E-state index in [1.165, 1.54) is 7.11 Å². The van der Waals surface area contributed by atoms with E-state index in [0.29, 0.717) is 5.76 Å². The monoisotopic (exact) mass is 246 g/mol. The molecular weight excluding hydrogens is 232 g/mol. The van der Waals surface area contributed by atoms with Crippen LogP contribution in [-0.2, 0) is 19.1 Å². The highest BCUT2D eigenvalue weighted by Gasteiger charge is 2.32. The molecule has 0 fully saturated rings. The van der Waals surface area contributed by atoms with Crippen LogP contribution in [0.5, 0.6) is 0 Å². The van der Waals surface area contributed by atoms with Crippen LogP contribution >= 0.6 is 0 Å². The normalized spacial score (nSPS) is 19.4. The first-order valence-corrected chi connectivity index (χ1v) is 5.67. The second-order valence-corrected chi connectivity index (χ2v) is 4.07. The molecule has 0 amide bonds. The summed E-state index contributed by atoms with van der Waals surface area (Å²) in [7, 11) is 1.25. The molecule has 0 N–H and O–H groups in total. The van der Waals surface area contributed by atoms with Crippen LogP contribution in [0.3, 0.4) is 0 Å². The van der Waals surface area contributed by atoms with Crippen molar-refractivity contribution in [1.82, 2.24) is 0 Å². The second kappa shape index (κ2) is 5.04. The highest BCUT2D eigenvalue weighted by Crippen LogP contribution is 2.31. The first kappa shape index (κ1) is 12.4. The van der Waals surface area contributed by atoms with E-state index in [2.05, 4.69) is 4.74 Å². The van der Waals surface area contributed by atoms with Gasteiger partial charge in [0.15, 0.2) is 5.78 Å². The molecule has 1 heterocycles. The Labute approximate surface area is 105 Å². The van der Waals surface area contributed by atoms with E-state index in [-0.39, 0.29) is 23.9 Å². The van der Waals surface area contributed by atoms with Gasteiger partial charge in [-0.3, -0.25) is 4.79 Å². The number of benzene rings is 1. The van der Waals surface area contributed by atoms with Crippen LogP contribution in [0.4, 0.5) is 0 Å². The number of Topliss-reactive ketones (excluding diaryl/α,β-unsaturated/α-hetero) is 1. The van der Waals surface area contributed by atoms with Crippen LogP contribution in [0.1, 0.15) is 25.0 Å². The number of rotatable bonds is 2. The Morgan fingerprint density at radius 2 is 2.00 bits per heavy atom. The summed E-state index contributed by atoms with van der Waals surface area (Å²) >= 11 is 0. The third-order valence-electron chi connectivity index (χ3n) is 2.88. The summed E-state index contributed by atoms with van der Waals surface area (Å²) in [5, 5.41) is 0. The molecule has 1 aromatic carbocycles. The van der Waals surface area contributed by atoms with E-state index in [1.807, 2.05) is 30.3 Å². The molecule has 1 aliphatic heterocycles. The van der Waals surface area contributed by atoms with Crippen molar-refractivity contribution in [2.24, 2.45) is 0 Å². The third-order valence-corrected chi connectivity index (χ3v) is 2.88. The molecule has 0 saturated heterocycles. The van der Waals surface area contributed by atoms with Crippen LogP contribution in [-0.4, -0.2) is 18.9 Å². The van der Waals surface area contributed by atoms with Crippen molar-refractivity contribution in [3.05, 3.63) is 47.2 Å². The maximum absolute atomic E-state index is 12.0. The van der Waals surface area contributed by atoms with Crippen LogP contribution in [0.25, 0.3) is 0 Å². The minimum Gasteiger partial charge on any atom is -0.489 e. The van der Waals surface area contributed by atoms with Crippen molar-refractivity contribution in [3.63, 3.8) is 0 Å². The molecule has 18 heavy (non-hydrogen) atoms. The van der Waals surface area contributed by atoms with Gasteiger partial charge >= 0.3 is 5.97 Å². The molecular formula is C14H14O4. The van der Waals surface area contributed by atoms with E-state index in [9.17, 15) is 9.59 Å². The number of carbonyl (C=O) groups is 2. The van der Waals surface area contributed by atoms with Crippen LogP contribution in [0, 0.1) is 0 Å². The van der Waals surface area contributed by atoms with Crippen molar-refractivity contribution in [1.29, 1.82) is 0 Å². The molecule has 4 heteroatoms. The lowest BCUT2D eigenvalue weighted by molar-refractivity contribution is -0.139. The zero-order valence-electron chi connectivity index (χ0n) is 10.3. The van der Waals surface area contributed by atoms with Gasteiger partial charge < -0.3 is 9.47 Å². The summed E-state index contributed by atoms with van der Waals surface area (Å²) in [5.74, 6) is -0.546. The minimum atomic E-state index is -0.635. The number of methoxy groups -OCH3 is 1. The zero-order valence-corrected chi connectivity index (χ0v) is 10.3. The van der Waals surface area contributed by atoms with E-state index in [1.54, 1.807) is 6.92 Å². The second-order valence-electron chi connectivity index (χ2n) is 4.07. The summed E-state index contributed by atoms with van der Waals surface area (Å²) in [6, 6.07) is 9.47. The number of ketones is 1. The van der Waals surface area contributed by atoms with Gasteiger partial charge in [-0.2, -0.15) is 0 Å². The van der Waals surface area contributed by atoms with Gasteiger partial charge in [0, 0.05) is 0 Å². The first-order chi connectivity index (χ1) is 8.63. The molecule has 0 saturated carbocycles. The van der Waals surface area contributed by atoms with Crippen LogP contribution < -0.4 is 0 Å². The van der Waals surface area contributed by atoms with Gasteiger partial charge in [-0.05, 0) is 12.5 Å². The summed E-state index contributed by atoms with van der Waals surface area (Å²) in [6.07, 6.45) is -0.168. The highest BCUT2D eigenvalue weighted by atomic mass is 16.5. The molecule has 0 aliphatic carbocycles. The molecule has 94 valence electrons. The number of carbonyl (C=O) groups excluding carboxylic acids is 2. The Balaban J connectivity index is 2.28. The minimum absolute atomic E-state index is 0.0182. The van der Waals surface area contributed by atoms with Gasteiger partial charge in [-0.25, -0.2) is 4.79 Å². The van der Waals surface area contributed by atoms with E-state index in [4.69, 9.17) is 4.74 Å². The van der Waals surface area contributed by atoms with Gasteiger partial charge in [-0.1, -0.05) is 30.3 Å². The Hall–Kier alpha value is -2.10. The molecule has 0 radical (unpaired) electrons. The van der Waals surface area contributed by atoms with Gasteiger partial charge in [-0.15, -0.1) is 0 Å². The van der Waals surface area contributed by atoms with Crippen LogP contribution in [0.15, 0.2) is 41.7 Å². The number of hydrogen-bond donors (Lipinski definition) is 0. The van der Waals surface area contributed by atoms with Gasteiger partial charge in [0.05, 0.1) is 13.5 Å². The largest absolute Gasteiger partial charge is 0.489 e. The summed E-state index contributed by atoms with van der Waals surface area (Å²) in [4.78, 5) is 23.4. The average Bonchev–Trinajstić information content (AvgIpc) is 2.38. The van der Waals surface area contributed by atoms with Crippen molar-refractivity contribution < 1.29 is 19.1 Å². The quantitative estimate of drug-likeness (QED) is 0.592. The lowest BCUT2D eigenvalue weighted by Crippen LogP contribution is -2.25. The molecule has 2 rings (SSSR count). The Morgan fingerprint density at radius 1 is 1.33 bits per heavy atom. The van der Waals surface area contributed by atoms with Crippen molar-refractivity contribution in [3.8, 4) is 0 Å². The molecule has 1 aromatic rings. The smallest absolute Gasteiger partial charge is 0.344 e. The number of ether oxygens (including phenoxy) is 2. The number of hydrogen-bond acceptors (Lipinski definition) is 4. The fraction of sp³-hybridized carbons (Fsp3) is 0.286. The van der Waals surface area contributed by atoms with Gasteiger partial charge in [0.1, 0.15) is 17.4 Å². The number of esters is 1. The lowest BCUT2D eigenvalue weighted by Gasteiger charge is -2.25. The summed E-state index contributed by atoms with van der Waals surface area (Å²) in [6.45, 7) is 1.61. The maximum Gasteiger partial charge on any atom is 0.344 e.